The molecule has 1 atom stereocenters. The summed E-state index contributed by atoms with van der Waals surface area (Å²) in [6, 6.07) is 8.56. The standard InChI is InChI=1S/C16H23BO3/c1-15(2)16(3,4)20-17(19-15)14-7-5-6-12(10-14)13-8-9-18-11-13/h5-7,10,13H,8-9,11H2,1-4H3. The Morgan fingerprint density at radius 1 is 1.10 bits per heavy atom. The first kappa shape index (κ1) is 14.1. The number of hydrogen-bond acceptors (Lipinski definition) is 3. The second-order valence-corrected chi connectivity index (χ2v) is 6.82. The summed E-state index contributed by atoms with van der Waals surface area (Å²) in [6.07, 6.45) is 1.10. The van der Waals surface area contributed by atoms with Gasteiger partial charge in [0, 0.05) is 12.5 Å². The predicted octanol–water partition coefficient (Wildman–Crippen LogP) is 2.49. The second kappa shape index (κ2) is 4.87. The Kier molecular flexibility index (Phi) is 3.43. The zero-order valence-corrected chi connectivity index (χ0v) is 12.8. The molecule has 3 rings (SSSR count). The second-order valence-electron chi connectivity index (χ2n) is 6.82. The van der Waals surface area contributed by atoms with E-state index < -0.39 is 0 Å². The van der Waals surface area contributed by atoms with E-state index in [1.807, 2.05) is 0 Å². The maximum atomic E-state index is 6.11. The van der Waals surface area contributed by atoms with Crippen LogP contribution in [-0.2, 0) is 14.0 Å². The van der Waals surface area contributed by atoms with Gasteiger partial charge < -0.3 is 14.0 Å². The smallest absolute Gasteiger partial charge is 0.399 e. The van der Waals surface area contributed by atoms with Crippen LogP contribution in [0.2, 0.25) is 0 Å². The summed E-state index contributed by atoms with van der Waals surface area (Å²) in [7, 11) is -0.276. The molecule has 3 nitrogen and oxygen atoms in total. The third-order valence-electron chi connectivity index (χ3n) is 4.84. The van der Waals surface area contributed by atoms with Crippen LogP contribution in [0.15, 0.2) is 24.3 Å². The van der Waals surface area contributed by atoms with Gasteiger partial charge in [-0.05, 0) is 45.1 Å². The Hall–Kier alpha value is -0.835. The lowest BCUT2D eigenvalue weighted by molar-refractivity contribution is 0.00578. The van der Waals surface area contributed by atoms with Gasteiger partial charge in [-0.3, -0.25) is 0 Å². The van der Waals surface area contributed by atoms with Crippen molar-refractivity contribution < 1.29 is 14.0 Å². The van der Waals surface area contributed by atoms with Crippen molar-refractivity contribution in [1.82, 2.24) is 0 Å². The monoisotopic (exact) mass is 274 g/mol. The lowest BCUT2D eigenvalue weighted by Gasteiger charge is -2.32. The molecule has 0 saturated carbocycles. The molecule has 0 N–H and O–H groups in total. The van der Waals surface area contributed by atoms with Crippen LogP contribution in [0.4, 0.5) is 0 Å². The lowest BCUT2D eigenvalue weighted by atomic mass is 9.77. The highest BCUT2D eigenvalue weighted by molar-refractivity contribution is 6.62. The van der Waals surface area contributed by atoms with Crippen LogP contribution in [0, 0.1) is 0 Å². The highest BCUT2D eigenvalue weighted by atomic mass is 16.7. The molecule has 1 aromatic rings. The van der Waals surface area contributed by atoms with E-state index in [1.165, 1.54) is 5.56 Å². The number of ether oxygens (including phenoxy) is 1. The molecule has 2 aliphatic heterocycles. The summed E-state index contributed by atoms with van der Waals surface area (Å²) in [6.45, 7) is 10.0. The van der Waals surface area contributed by atoms with Crippen LogP contribution in [-0.4, -0.2) is 31.5 Å². The number of benzene rings is 1. The minimum absolute atomic E-state index is 0.276. The summed E-state index contributed by atoms with van der Waals surface area (Å²) in [4.78, 5) is 0. The molecule has 0 bridgehead atoms. The summed E-state index contributed by atoms with van der Waals surface area (Å²) in [5.74, 6) is 0.511. The van der Waals surface area contributed by atoms with Gasteiger partial charge >= 0.3 is 7.12 Å². The molecular formula is C16H23BO3. The zero-order valence-electron chi connectivity index (χ0n) is 12.8. The van der Waals surface area contributed by atoms with Crippen molar-refractivity contribution in [2.75, 3.05) is 13.2 Å². The number of hydrogen-bond donors (Lipinski definition) is 0. The van der Waals surface area contributed by atoms with Gasteiger partial charge in [0.25, 0.3) is 0 Å². The normalized spacial score (nSPS) is 28.0. The maximum Gasteiger partial charge on any atom is 0.494 e. The van der Waals surface area contributed by atoms with Gasteiger partial charge in [-0.1, -0.05) is 24.3 Å². The van der Waals surface area contributed by atoms with Crippen molar-refractivity contribution >= 4 is 12.6 Å². The van der Waals surface area contributed by atoms with E-state index >= 15 is 0 Å². The molecule has 2 heterocycles. The van der Waals surface area contributed by atoms with Crippen molar-refractivity contribution in [3.05, 3.63) is 29.8 Å². The Labute approximate surface area is 121 Å². The Bertz CT molecular complexity index is 476. The van der Waals surface area contributed by atoms with Gasteiger partial charge in [-0.15, -0.1) is 0 Å². The molecule has 0 amide bonds. The van der Waals surface area contributed by atoms with Crippen LogP contribution in [0.3, 0.4) is 0 Å². The maximum absolute atomic E-state index is 6.11. The highest BCUT2D eigenvalue weighted by Gasteiger charge is 2.51. The molecule has 2 saturated heterocycles. The molecule has 0 aromatic heterocycles. The van der Waals surface area contributed by atoms with E-state index in [0.29, 0.717) is 5.92 Å². The molecule has 2 fully saturated rings. The average molecular weight is 274 g/mol. The zero-order chi connectivity index (χ0) is 14.4. The molecule has 1 unspecified atom stereocenters. The first-order chi connectivity index (χ1) is 9.39. The SMILES string of the molecule is CC1(C)OB(c2cccc(C3CCOC3)c2)OC1(C)C. The predicted molar refractivity (Wildman–Crippen MR) is 80.3 cm³/mol. The fourth-order valence-electron chi connectivity index (χ4n) is 2.74. The van der Waals surface area contributed by atoms with E-state index in [2.05, 4.69) is 52.0 Å². The van der Waals surface area contributed by atoms with Crippen molar-refractivity contribution in [2.45, 2.75) is 51.2 Å². The molecule has 1 aromatic carbocycles. The number of rotatable bonds is 2. The van der Waals surface area contributed by atoms with E-state index in [1.54, 1.807) is 0 Å². The van der Waals surface area contributed by atoms with Crippen LogP contribution in [0.25, 0.3) is 0 Å². The van der Waals surface area contributed by atoms with E-state index in [-0.39, 0.29) is 18.3 Å². The molecule has 0 spiro atoms. The average Bonchev–Trinajstić information content (AvgIpc) is 2.97. The van der Waals surface area contributed by atoms with Crippen molar-refractivity contribution in [2.24, 2.45) is 0 Å². The molecule has 4 heteroatoms. The first-order valence-corrected chi connectivity index (χ1v) is 7.42. The van der Waals surface area contributed by atoms with Gasteiger partial charge in [0.05, 0.1) is 17.8 Å². The summed E-state index contributed by atoms with van der Waals surface area (Å²) in [5.41, 5.74) is 1.86. The van der Waals surface area contributed by atoms with Gasteiger partial charge in [0.15, 0.2) is 0 Å². The fourth-order valence-corrected chi connectivity index (χ4v) is 2.74. The van der Waals surface area contributed by atoms with E-state index in [9.17, 15) is 0 Å². The third-order valence-corrected chi connectivity index (χ3v) is 4.84. The van der Waals surface area contributed by atoms with Gasteiger partial charge in [-0.25, -0.2) is 0 Å². The third kappa shape index (κ3) is 2.41. The van der Waals surface area contributed by atoms with Gasteiger partial charge in [-0.2, -0.15) is 0 Å². The van der Waals surface area contributed by atoms with Gasteiger partial charge in [0.2, 0.25) is 0 Å². The summed E-state index contributed by atoms with van der Waals surface area (Å²) < 4.78 is 17.7. The Morgan fingerprint density at radius 3 is 2.40 bits per heavy atom. The Morgan fingerprint density at radius 2 is 1.80 bits per heavy atom. The first-order valence-electron chi connectivity index (χ1n) is 7.42. The molecule has 2 aliphatic rings. The largest absolute Gasteiger partial charge is 0.494 e. The van der Waals surface area contributed by atoms with E-state index in [4.69, 9.17) is 14.0 Å². The van der Waals surface area contributed by atoms with Crippen LogP contribution >= 0.6 is 0 Å². The molecule has 0 aliphatic carbocycles. The van der Waals surface area contributed by atoms with Crippen molar-refractivity contribution in [3.8, 4) is 0 Å². The Balaban J connectivity index is 1.83. The molecule has 20 heavy (non-hydrogen) atoms. The van der Waals surface area contributed by atoms with Crippen LogP contribution < -0.4 is 5.46 Å². The quantitative estimate of drug-likeness (QED) is 0.775. The van der Waals surface area contributed by atoms with Crippen LogP contribution in [0.5, 0.6) is 0 Å². The minimum Gasteiger partial charge on any atom is -0.399 e. The molecule has 0 radical (unpaired) electrons. The molecular weight excluding hydrogens is 251 g/mol. The summed E-state index contributed by atoms with van der Waals surface area (Å²) >= 11 is 0. The highest BCUT2D eigenvalue weighted by Crippen LogP contribution is 2.36. The summed E-state index contributed by atoms with van der Waals surface area (Å²) in [5, 5.41) is 0. The minimum atomic E-state index is -0.288. The fraction of sp³-hybridized carbons (Fsp3) is 0.625. The van der Waals surface area contributed by atoms with E-state index in [0.717, 1.165) is 25.1 Å². The van der Waals surface area contributed by atoms with Crippen molar-refractivity contribution in [1.29, 1.82) is 0 Å². The van der Waals surface area contributed by atoms with Gasteiger partial charge in [0.1, 0.15) is 0 Å². The topological polar surface area (TPSA) is 27.7 Å². The van der Waals surface area contributed by atoms with Crippen LogP contribution in [0.1, 0.15) is 45.6 Å². The lowest BCUT2D eigenvalue weighted by Crippen LogP contribution is -2.41. The van der Waals surface area contributed by atoms with Crippen molar-refractivity contribution in [3.63, 3.8) is 0 Å². The molecule has 108 valence electrons.